The summed E-state index contributed by atoms with van der Waals surface area (Å²) in [5, 5.41) is 2.61. The lowest BCUT2D eigenvalue weighted by atomic mass is 10.3. The van der Waals surface area contributed by atoms with Crippen LogP contribution < -0.4 is 5.32 Å². The van der Waals surface area contributed by atoms with Crippen molar-refractivity contribution in [3.63, 3.8) is 0 Å². The molecule has 0 radical (unpaired) electrons. The lowest BCUT2D eigenvalue weighted by molar-refractivity contribution is -0.0415. The molecule has 100 valence electrons. The Morgan fingerprint density at radius 3 is 3.00 bits per heavy atom. The summed E-state index contributed by atoms with van der Waals surface area (Å²) >= 11 is 0. The highest BCUT2D eigenvalue weighted by Crippen LogP contribution is 2.09. The fourth-order valence-corrected chi connectivity index (χ4v) is 1.36. The number of allylic oxidation sites excluding steroid dienone is 2. The summed E-state index contributed by atoms with van der Waals surface area (Å²) in [6, 6.07) is 0. The highest BCUT2D eigenvalue weighted by Gasteiger charge is 2.22. The molecule has 1 saturated heterocycles. The molecular formula is C13H19NO4. The molecule has 1 amide bonds. The summed E-state index contributed by atoms with van der Waals surface area (Å²) in [5.74, 6) is 0. The number of hydrogen-bond acceptors (Lipinski definition) is 4. The fourth-order valence-electron chi connectivity index (χ4n) is 1.36. The average molecular weight is 253 g/mol. The van der Waals surface area contributed by atoms with Gasteiger partial charge >= 0.3 is 6.09 Å². The van der Waals surface area contributed by atoms with Gasteiger partial charge in [-0.05, 0) is 12.5 Å². The molecule has 1 aliphatic rings. The van der Waals surface area contributed by atoms with Gasteiger partial charge in [0.2, 0.25) is 0 Å². The summed E-state index contributed by atoms with van der Waals surface area (Å²) in [5.41, 5.74) is 0.694. The Labute approximate surface area is 107 Å². The molecule has 1 rings (SSSR count). The predicted molar refractivity (Wildman–Crippen MR) is 68.1 cm³/mol. The van der Waals surface area contributed by atoms with Crippen molar-refractivity contribution in [2.24, 2.45) is 0 Å². The SMILES string of the molecule is C=C/C=C\C(=C)COC(=O)NCC1COC(C)O1. The van der Waals surface area contributed by atoms with Crippen LogP contribution in [0.25, 0.3) is 0 Å². The predicted octanol–water partition coefficient (Wildman–Crippen LogP) is 1.77. The van der Waals surface area contributed by atoms with Gasteiger partial charge in [0.25, 0.3) is 0 Å². The number of hydrogen-bond donors (Lipinski definition) is 1. The minimum absolute atomic E-state index is 0.114. The van der Waals surface area contributed by atoms with Gasteiger partial charge in [0.1, 0.15) is 12.7 Å². The van der Waals surface area contributed by atoms with Crippen LogP contribution in [-0.4, -0.2) is 38.2 Å². The summed E-state index contributed by atoms with van der Waals surface area (Å²) < 4.78 is 15.5. The molecule has 1 fully saturated rings. The summed E-state index contributed by atoms with van der Waals surface area (Å²) in [6.07, 6.45) is 4.27. The summed E-state index contributed by atoms with van der Waals surface area (Å²) in [7, 11) is 0. The van der Waals surface area contributed by atoms with Crippen LogP contribution in [0.2, 0.25) is 0 Å². The van der Waals surface area contributed by atoms with Crippen LogP contribution in [0.5, 0.6) is 0 Å². The number of alkyl carbamates (subject to hydrolysis) is 1. The number of amides is 1. The number of ether oxygens (including phenoxy) is 3. The third kappa shape index (κ3) is 5.65. The topological polar surface area (TPSA) is 56.8 Å². The lowest BCUT2D eigenvalue weighted by Gasteiger charge is -2.10. The minimum atomic E-state index is -0.494. The van der Waals surface area contributed by atoms with Crippen molar-refractivity contribution < 1.29 is 19.0 Å². The van der Waals surface area contributed by atoms with Gasteiger partial charge in [-0.3, -0.25) is 0 Å². The summed E-state index contributed by atoms with van der Waals surface area (Å²) in [6.45, 7) is 10.1. The number of carbonyl (C=O) groups is 1. The second kappa shape index (κ2) is 7.68. The van der Waals surface area contributed by atoms with E-state index in [0.717, 1.165) is 0 Å². The van der Waals surface area contributed by atoms with Gasteiger partial charge in [-0.2, -0.15) is 0 Å². The molecule has 0 saturated carbocycles. The van der Waals surface area contributed by atoms with E-state index < -0.39 is 6.09 Å². The van der Waals surface area contributed by atoms with Gasteiger partial charge in [-0.25, -0.2) is 4.79 Å². The number of nitrogens with one attached hydrogen (secondary N) is 1. The van der Waals surface area contributed by atoms with Crippen LogP contribution in [0, 0.1) is 0 Å². The Kier molecular flexibility index (Phi) is 6.18. The molecule has 1 heterocycles. The molecule has 0 aromatic carbocycles. The van der Waals surface area contributed by atoms with Crippen molar-refractivity contribution >= 4 is 6.09 Å². The van der Waals surface area contributed by atoms with E-state index in [2.05, 4.69) is 18.5 Å². The molecule has 2 atom stereocenters. The lowest BCUT2D eigenvalue weighted by Crippen LogP contribution is -2.34. The van der Waals surface area contributed by atoms with Crippen molar-refractivity contribution in [3.05, 3.63) is 37.0 Å². The fraction of sp³-hybridized carbons (Fsp3) is 0.462. The maximum Gasteiger partial charge on any atom is 0.407 e. The smallest absolute Gasteiger partial charge is 0.407 e. The molecule has 2 unspecified atom stereocenters. The maximum absolute atomic E-state index is 11.3. The second-order valence-electron chi connectivity index (χ2n) is 3.87. The van der Waals surface area contributed by atoms with E-state index in [4.69, 9.17) is 14.2 Å². The standard InChI is InChI=1S/C13H19NO4/c1-4-5-6-10(2)8-17-13(15)14-7-12-9-16-11(3)18-12/h4-6,11-12H,1-2,7-9H2,3H3,(H,14,15)/b6-5-. The molecule has 0 aliphatic carbocycles. The molecule has 5 nitrogen and oxygen atoms in total. The van der Waals surface area contributed by atoms with E-state index in [9.17, 15) is 4.79 Å². The Morgan fingerprint density at radius 1 is 1.61 bits per heavy atom. The van der Waals surface area contributed by atoms with Gasteiger partial charge in [0.05, 0.1) is 6.61 Å². The molecule has 1 N–H and O–H groups in total. The third-order valence-corrected chi connectivity index (χ3v) is 2.23. The van der Waals surface area contributed by atoms with Gasteiger partial charge in [-0.15, -0.1) is 0 Å². The number of carbonyl (C=O) groups excluding carboxylic acids is 1. The normalized spacial score (nSPS) is 22.9. The first-order valence-corrected chi connectivity index (χ1v) is 5.76. The van der Waals surface area contributed by atoms with Gasteiger partial charge in [0, 0.05) is 6.54 Å². The van der Waals surface area contributed by atoms with E-state index in [1.165, 1.54) is 0 Å². The largest absolute Gasteiger partial charge is 0.445 e. The summed E-state index contributed by atoms with van der Waals surface area (Å²) in [4.78, 5) is 11.3. The molecule has 0 spiro atoms. The molecule has 0 bridgehead atoms. The first kappa shape index (κ1) is 14.5. The molecule has 1 aliphatic heterocycles. The zero-order valence-corrected chi connectivity index (χ0v) is 10.6. The monoisotopic (exact) mass is 253 g/mol. The molecule has 18 heavy (non-hydrogen) atoms. The minimum Gasteiger partial charge on any atom is -0.445 e. The highest BCUT2D eigenvalue weighted by molar-refractivity contribution is 5.67. The maximum atomic E-state index is 11.3. The molecular weight excluding hydrogens is 234 g/mol. The number of rotatable bonds is 6. The first-order valence-electron chi connectivity index (χ1n) is 5.76. The zero-order chi connectivity index (χ0) is 13.4. The average Bonchev–Trinajstić information content (AvgIpc) is 2.77. The zero-order valence-electron chi connectivity index (χ0n) is 10.6. The van der Waals surface area contributed by atoms with Crippen molar-refractivity contribution in [2.45, 2.75) is 19.3 Å². The molecule has 0 aromatic rings. The molecule has 5 heteroatoms. The van der Waals surface area contributed by atoms with Crippen LogP contribution >= 0.6 is 0 Å². The van der Waals surface area contributed by atoms with Gasteiger partial charge in [-0.1, -0.05) is 31.4 Å². The van der Waals surface area contributed by atoms with Crippen molar-refractivity contribution in [1.82, 2.24) is 5.32 Å². The van der Waals surface area contributed by atoms with Gasteiger partial charge < -0.3 is 19.5 Å². The Morgan fingerprint density at radius 2 is 2.39 bits per heavy atom. The highest BCUT2D eigenvalue weighted by atomic mass is 16.7. The van der Waals surface area contributed by atoms with Gasteiger partial charge in [0.15, 0.2) is 6.29 Å². The molecule has 0 aromatic heterocycles. The van der Waals surface area contributed by atoms with E-state index in [0.29, 0.717) is 18.7 Å². The van der Waals surface area contributed by atoms with E-state index in [1.807, 2.05) is 6.92 Å². The Balaban J connectivity index is 2.12. The van der Waals surface area contributed by atoms with Crippen molar-refractivity contribution in [2.75, 3.05) is 19.8 Å². The van der Waals surface area contributed by atoms with E-state index in [1.54, 1.807) is 18.2 Å². The van der Waals surface area contributed by atoms with Crippen LogP contribution in [0.1, 0.15) is 6.92 Å². The Hall–Kier alpha value is -1.59. The van der Waals surface area contributed by atoms with Crippen molar-refractivity contribution in [1.29, 1.82) is 0 Å². The van der Waals surface area contributed by atoms with Crippen LogP contribution in [0.15, 0.2) is 37.0 Å². The third-order valence-electron chi connectivity index (χ3n) is 2.23. The van der Waals surface area contributed by atoms with Crippen LogP contribution in [0.3, 0.4) is 0 Å². The van der Waals surface area contributed by atoms with Crippen molar-refractivity contribution in [3.8, 4) is 0 Å². The quantitative estimate of drug-likeness (QED) is 0.733. The van der Waals surface area contributed by atoms with Crippen LogP contribution in [0.4, 0.5) is 4.79 Å². The van der Waals surface area contributed by atoms with E-state index >= 15 is 0 Å². The Bertz CT molecular complexity index is 338. The second-order valence-corrected chi connectivity index (χ2v) is 3.87. The van der Waals surface area contributed by atoms with Crippen LogP contribution in [-0.2, 0) is 14.2 Å². The van der Waals surface area contributed by atoms with E-state index in [-0.39, 0.29) is 19.0 Å². The first-order chi connectivity index (χ1) is 8.61.